The van der Waals surface area contributed by atoms with Crippen molar-refractivity contribution in [3.8, 4) is 0 Å². The Kier molecular flexibility index (Phi) is 9.09. The number of nitrogens with zero attached hydrogens (tertiary/aromatic N) is 1. The van der Waals surface area contributed by atoms with Crippen molar-refractivity contribution < 1.29 is 4.79 Å². The minimum Gasteiger partial charge on any atom is -0.356 e. The quantitative estimate of drug-likeness (QED) is 0.643. The van der Waals surface area contributed by atoms with Crippen molar-refractivity contribution in [3.63, 3.8) is 0 Å². The molecule has 0 rings (SSSR count). The van der Waals surface area contributed by atoms with Crippen molar-refractivity contribution in [2.45, 2.75) is 59.0 Å². The predicted molar refractivity (Wildman–Crippen MR) is 72.9 cm³/mol. The van der Waals surface area contributed by atoms with Crippen LogP contribution in [0.4, 0.5) is 0 Å². The van der Waals surface area contributed by atoms with Gasteiger partial charge in [0.05, 0.1) is 0 Å². The van der Waals surface area contributed by atoms with Crippen molar-refractivity contribution in [2.24, 2.45) is 5.73 Å². The zero-order valence-electron chi connectivity index (χ0n) is 11.8. The molecule has 0 aromatic rings. The second-order valence-corrected chi connectivity index (χ2v) is 4.78. The van der Waals surface area contributed by atoms with Gasteiger partial charge in [-0.25, -0.2) is 0 Å². The molecule has 102 valence electrons. The van der Waals surface area contributed by atoms with Gasteiger partial charge in [0, 0.05) is 31.6 Å². The fourth-order valence-electron chi connectivity index (χ4n) is 2.01. The van der Waals surface area contributed by atoms with E-state index in [9.17, 15) is 4.79 Å². The van der Waals surface area contributed by atoms with E-state index in [1.807, 2.05) is 0 Å². The molecule has 4 nitrogen and oxygen atoms in total. The van der Waals surface area contributed by atoms with E-state index in [0.29, 0.717) is 19.0 Å². The van der Waals surface area contributed by atoms with Gasteiger partial charge in [0.1, 0.15) is 0 Å². The van der Waals surface area contributed by atoms with E-state index in [1.165, 1.54) is 0 Å². The molecule has 0 aliphatic heterocycles. The summed E-state index contributed by atoms with van der Waals surface area (Å²) in [5, 5.41) is 2.91. The van der Waals surface area contributed by atoms with Gasteiger partial charge in [-0.1, -0.05) is 13.8 Å². The Morgan fingerprint density at radius 1 is 1.29 bits per heavy atom. The van der Waals surface area contributed by atoms with Crippen LogP contribution in [0, 0.1) is 0 Å². The number of hydrogen-bond donors (Lipinski definition) is 2. The van der Waals surface area contributed by atoms with Gasteiger partial charge < -0.3 is 11.1 Å². The van der Waals surface area contributed by atoms with E-state index in [1.54, 1.807) is 0 Å². The van der Waals surface area contributed by atoms with Crippen LogP contribution in [0.1, 0.15) is 47.0 Å². The predicted octanol–water partition coefficient (Wildman–Crippen LogP) is 1.35. The number of nitrogens with two attached hydrogens (primary N) is 1. The summed E-state index contributed by atoms with van der Waals surface area (Å²) in [7, 11) is 0. The van der Waals surface area contributed by atoms with Crippen molar-refractivity contribution in [1.29, 1.82) is 0 Å². The van der Waals surface area contributed by atoms with Gasteiger partial charge in [-0.05, 0) is 33.2 Å². The first-order valence-corrected chi connectivity index (χ1v) is 6.79. The molecule has 0 saturated heterocycles. The summed E-state index contributed by atoms with van der Waals surface area (Å²) in [5.41, 5.74) is 5.80. The zero-order chi connectivity index (χ0) is 13.3. The molecule has 0 aromatic heterocycles. The minimum atomic E-state index is 0.115. The summed E-state index contributed by atoms with van der Waals surface area (Å²) in [6, 6.07) is 0.592. The third kappa shape index (κ3) is 6.64. The molecule has 0 bridgehead atoms. The van der Waals surface area contributed by atoms with Crippen molar-refractivity contribution in [3.05, 3.63) is 0 Å². The highest BCUT2D eigenvalue weighted by Crippen LogP contribution is 2.09. The number of hydrogen-bond acceptors (Lipinski definition) is 3. The number of amides is 1. The highest BCUT2D eigenvalue weighted by Gasteiger charge is 2.21. The fraction of sp³-hybridized carbons (Fsp3) is 0.923. The van der Waals surface area contributed by atoms with Gasteiger partial charge in [0.25, 0.3) is 0 Å². The molecule has 0 saturated carbocycles. The molecular weight excluding hydrogens is 214 g/mol. The number of carbonyl (C=O) groups excluding carboxylic acids is 1. The lowest BCUT2D eigenvalue weighted by Gasteiger charge is -2.33. The molecule has 4 heteroatoms. The van der Waals surface area contributed by atoms with Crippen LogP contribution >= 0.6 is 0 Å². The Morgan fingerprint density at radius 2 is 1.94 bits per heavy atom. The molecule has 17 heavy (non-hydrogen) atoms. The van der Waals surface area contributed by atoms with Crippen molar-refractivity contribution in [1.82, 2.24) is 10.2 Å². The Labute approximate surface area is 106 Å². The molecule has 3 N–H and O–H groups in total. The largest absolute Gasteiger partial charge is 0.356 e. The van der Waals surface area contributed by atoms with Crippen LogP contribution in [0.15, 0.2) is 0 Å². The maximum absolute atomic E-state index is 11.7. The molecule has 0 heterocycles. The lowest BCUT2D eigenvalue weighted by atomic mass is 10.1. The van der Waals surface area contributed by atoms with Gasteiger partial charge in [0.15, 0.2) is 0 Å². The fourth-order valence-corrected chi connectivity index (χ4v) is 2.01. The van der Waals surface area contributed by atoms with E-state index in [4.69, 9.17) is 5.73 Å². The highest BCUT2D eigenvalue weighted by atomic mass is 16.1. The smallest absolute Gasteiger partial charge is 0.221 e. The molecule has 0 aliphatic rings. The van der Waals surface area contributed by atoms with E-state index in [2.05, 4.69) is 37.9 Å². The summed E-state index contributed by atoms with van der Waals surface area (Å²) in [6.45, 7) is 10.8. The van der Waals surface area contributed by atoms with Gasteiger partial charge >= 0.3 is 0 Å². The third-order valence-corrected chi connectivity index (χ3v) is 2.88. The third-order valence-electron chi connectivity index (χ3n) is 2.88. The number of carbonyl (C=O) groups is 1. The molecule has 1 atom stereocenters. The van der Waals surface area contributed by atoms with Crippen LogP contribution in [0.2, 0.25) is 0 Å². The highest BCUT2D eigenvalue weighted by molar-refractivity contribution is 5.76. The van der Waals surface area contributed by atoms with E-state index in [-0.39, 0.29) is 11.9 Å². The van der Waals surface area contributed by atoms with Crippen LogP contribution in [-0.2, 0) is 4.79 Å². The maximum atomic E-state index is 11.7. The molecule has 1 amide bonds. The summed E-state index contributed by atoms with van der Waals surface area (Å²) in [4.78, 5) is 14.0. The topological polar surface area (TPSA) is 58.4 Å². The molecule has 0 aromatic carbocycles. The summed E-state index contributed by atoms with van der Waals surface area (Å²) in [5.74, 6) is 0.115. The average Bonchev–Trinajstić information content (AvgIpc) is 2.30. The molecule has 0 fully saturated rings. The maximum Gasteiger partial charge on any atom is 0.221 e. The molecular formula is C13H29N3O. The van der Waals surface area contributed by atoms with Gasteiger partial charge in [-0.15, -0.1) is 0 Å². The number of nitrogens with one attached hydrogen (secondary N) is 1. The second kappa shape index (κ2) is 9.42. The lowest BCUT2D eigenvalue weighted by molar-refractivity contribution is -0.122. The zero-order valence-corrected chi connectivity index (χ0v) is 11.8. The molecule has 0 aliphatic carbocycles. The molecule has 0 spiro atoms. The number of rotatable bonds is 9. The first-order chi connectivity index (χ1) is 8.06. The Bertz CT molecular complexity index is 207. The summed E-state index contributed by atoms with van der Waals surface area (Å²) >= 11 is 0. The van der Waals surface area contributed by atoms with E-state index in [0.717, 1.165) is 25.9 Å². The molecule has 1 unspecified atom stereocenters. The lowest BCUT2D eigenvalue weighted by Crippen LogP contribution is -2.47. The first-order valence-electron chi connectivity index (χ1n) is 6.79. The monoisotopic (exact) mass is 243 g/mol. The van der Waals surface area contributed by atoms with Crippen LogP contribution in [0.5, 0.6) is 0 Å². The summed E-state index contributed by atoms with van der Waals surface area (Å²) in [6.07, 6.45) is 2.57. The Hall–Kier alpha value is -0.610. The second-order valence-electron chi connectivity index (χ2n) is 4.78. The normalized spacial score (nSPS) is 13.1. The van der Waals surface area contributed by atoms with Crippen LogP contribution in [-0.4, -0.2) is 42.5 Å². The van der Waals surface area contributed by atoms with Crippen LogP contribution in [0.3, 0.4) is 0 Å². The van der Waals surface area contributed by atoms with Crippen molar-refractivity contribution >= 4 is 5.91 Å². The van der Waals surface area contributed by atoms with Crippen molar-refractivity contribution in [2.75, 3.05) is 19.6 Å². The van der Waals surface area contributed by atoms with Crippen LogP contribution < -0.4 is 11.1 Å². The van der Waals surface area contributed by atoms with E-state index >= 15 is 0 Å². The Balaban J connectivity index is 4.31. The van der Waals surface area contributed by atoms with Gasteiger partial charge in [-0.3, -0.25) is 9.69 Å². The van der Waals surface area contributed by atoms with Crippen LogP contribution in [0.25, 0.3) is 0 Å². The molecule has 0 radical (unpaired) electrons. The first kappa shape index (κ1) is 16.4. The summed E-state index contributed by atoms with van der Waals surface area (Å²) < 4.78 is 0. The minimum absolute atomic E-state index is 0.115. The van der Waals surface area contributed by atoms with Gasteiger partial charge in [-0.2, -0.15) is 0 Å². The van der Waals surface area contributed by atoms with Gasteiger partial charge in [0.2, 0.25) is 5.91 Å². The van der Waals surface area contributed by atoms with E-state index < -0.39 is 0 Å². The Morgan fingerprint density at radius 3 is 2.35 bits per heavy atom. The SMILES string of the molecule is CCCNC(=O)CC(CN)N(CCC)C(C)C. The standard InChI is InChI=1S/C13H29N3O/c1-5-7-15-13(17)9-12(10-14)16(8-6-2)11(3)4/h11-12H,5-10,14H2,1-4H3,(H,15,17). The average molecular weight is 243 g/mol.